The highest BCUT2D eigenvalue weighted by Crippen LogP contribution is 2.30. The van der Waals surface area contributed by atoms with Gasteiger partial charge < -0.3 is 13.9 Å². The fourth-order valence-electron chi connectivity index (χ4n) is 2.63. The molecule has 2 heterocycles. The van der Waals surface area contributed by atoms with E-state index in [1.165, 1.54) is 0 Å². The predicted molar refractivity (Wildman–Crippen MR) is 91.1 cm³/mol. The summed E-state index contributed by atoms with van der Waals surface area (Å²) >= 11 is 0. The van der Waals surface area contributed by atoms with Crippen molar-refractivity contribution in [3.05, 3.63) is 60.3 Å². The molecule has 5 heteroatoms. The zero-order chi connectivity index (χ0) is 16.9. The van der Waals surface area contributed by atoms with Crippen molar-refractivity contribution in [2.75, 3.05) is 13.2 Å². The molecule has 0 unspecified atom stereocenters. The number of nitrogens with zero attached hydrogens (tertiary/aromatic N) is 2. The second-order valence-electron chi connectivity index (χ2n) is 5.12. The Morgan fingerprint density at radius 1 is 1.29 bits per heavy atom. The summed E-state index contributed by atoms with van der Waals surface area (Å²) in [7, 11) is 0. The monoisotopic (exact) mass is 320 g/mol. The van der Waals surface area contributed by atoms with Crippen molar-refractivity contribution in [2.24, 2.45) is 0 Å². The van der Waals surface area contributed by atoms with Gasteiger partial charge in [-0.15, -0.1) is 0 Å². The summed E-state index contributed by atoms with van der Waals surface area (Å²) in [6.45, 7) is 2.09. The van der Waals surface area contributed by atoms with E-state index in [0.717, 1.165) is 16.4 Å². The van der Waals surface area contributed by atoms with Crippen LogP contribution in [0.3, 0.4) is 0 Å². The van der Waals surface area contributed by atoms with E-state index in [9.17, 15) is 4.79 Å². The summed E-state index contributed by atoms with van der Waals surface area (Å²) in [5.41, 5.74) is 2.14. The Bertz CT molecular complexity index is 964. The van der Waals surface area contributed by atoms with Gasteiger partial charge in [0, 0.05) is 17.6 Å². The van der Waals surface area contributed by atoms with Gasteiger partial charge in [-0.1, -0.05) is 18.2 Å². The van der Waals surface area contributed by atoms with Gasteiger partial charge in [0.1, 0.15) is 18.4 Å². The molecule has 0 saturated heterocycles. The Hall–Kier alpha value is -3.26. The maximum Gasteiger partial charge on any atom is 0.341 e. The average Bonchev–Trinajstić information content (AvgIpc) is 2.94. The van der Waals surface area contributed by atoms with E-state index >= 15 is 0 Å². The Morgan fingerprint density at radius 2 is 2.17 bits per heavy atom. The van der Waals surface area contributed by atoms with Crippen molar-refractivity contribution >= 4 is 22.4 Å². The van der Waals surface area contributed by atoms with E-state index in [4.69, 9.17) is 14.7 Å². The Morgan fingerprint density at radius 3 is 2.96 bits per heavy atom. The topological polar surface area (TPSA) is 63.7 Å². The third kappa shape index (κ3) is 2.82. The highest BCUT2D eigenvalue weighted by atomic mass is 16.5. The van der Waals surface area contributed by atoms with E-state index in [1.54, 1.807) is 12.1 Å². The highest BCUT2D eigenvalue weighted by Gasteiger charge is 2.19. The number of esters is 1. The molecule has 0 amide bonds. The molecule has 0 radical (unpaired) electrons. The molecule has 3 aromatic rings. The van der Waals surface area contributed by atoms with Gasteiger partial charge in [-0.05, 0) is 31.2 Å². The lowest BCUT2D eigenvalue weighted by Gasteiger charge is -2.03. The first-order chi connectivity index (χ1) is 11.8. The first-order valence-electron chi connectivity index (χ1n) is 7.57. The second kappa shape index (κ2) is 6.88. The van der Waals surface area contributed by atoms with Crippen molar-refractivity contribution in [3.63, 3.8) is 0 Å². The number of pyridine rings is 1. The van der Waals surface area contributed by atoms with Crippen LogP contribution in [0.5, 0.6) is 5.75 Å². The lowest BCUT2D eigenvalue weighted by molar-refractivity contribution is 0.0554. The third-order valence-electron chi connectivity index (χ3n) is 3.67. The summed E-state index contributed by atoms with van der Waals surface area (Å²) in [4.78, 5) is 12.5. The molecule has 0 atom stereocenters. The number of aromatic nitrogens is 1. The predicted octanol–water partition coefficient (Wildman–Crippen LogP) is 3.73. The number of carbonyl (C=O) groups excluding carboxylic acids is 1. The molecular weight excluding hydrogens is 304 g/mol. The summed E-state index contributed by atoms with van der Waals surface area (Å²) in [6.07, 6.45) is 5.50. The minimum Gasteiger partial charge on any atom is -0.479 e. The Kier molecular flexibility index (Phi) is 4.48. The van der Waals surface area contributed by atoms with Crippen LogP contribution in [0.4, 0.5) is 0 Å². The molecule has 5 nitrogen and oxygen atoms in total. The molecule has 120 valence electrons. The van der Waals surface area contributed by atoms with Gasteiger partial charge in [0.25, 0.3) is 0 Å². The van der Waals surface area contributed by atoms with E-state index in [0.29, 0.717) is 11.3 Å². The minimum absolute atomic E-state index is 0.0208. The number of fused-ring (bicyclic) bond motifs is 3. The molecule has 0 spiro atoms. The maximum atomic E-state index is 12.5. The summed E-state index contributed by atoms with van der Waals surface area (Å²) in [5, 5.41) is 9.43. The van der Waals surface area contributed by atoms with Crippen molar-refractivity contribution < 1.29 is 14.3 Å². The number of ether oxygens (including phenoxy) is 2. The summed E-state index contributed by atoms with van der Waals surface area (Å²) in [6, 6.07) is 13.0. The van der Waals surface area contributed by atoms with Crippen molar-refractivity contribution in [2.45, 2.75) is 6.92 Å². The van der Waals surface area contributed by atoms with Crippen LogP contribution in [0.15, 0.2) is 54.7 Å². The van der Waals surface area contributed by atoms with Crippen LogP contribution in [0.2, 0.25) is 0 Å². The zero-order valence-electron chi connectivity index (χ0n) is 13.2. The standard InChI is InChI=1S/C19H16N2O3/c1-2-3-11-24-19(22)18-15-8-7-14(23-12-9-20)13-17(15)21-10-5-4-6-16(18)21/h2-8,10,13H,11-12H2,1H3/b3-2-. The zero-order valence-corrected chi connectivity index (χ0v) is 13.2. The Labute approximate surface area is 139 Å². The first-order valence-corrected chi connectivity index (χ1v) is 7.57. The first kappa shape index (κ1) is 15.6. The molecule has 0 saturated carbocycles. The molecule has 0 bridgehead atoms. The molecule has 0 aliphatic carbocycles. The van der Waals surface area contributed by atoms with Crippen LogP contribution < -0.4 is 4.74 Å². The van der Waals surface area contributed by atoms with Crippen LogP contribution in [0, 0.1) is 11.3 Å². The molecule has 2 aromatic heterocycles. The van der Waals surface area contributed by atoms with E-state index < -0.39 is 0 Å². The van der Waals surface area contributed by atoms with Crippen LogP contribution in [-0.4, -0.2) is 23.6 Å². The van der Waals surface area contributed by atoms with E-state index in [-0.39, 0.29) is 19.2 Å². The van der Waals surface area contributed by atoms with Crippen LogP contribution in [0.1, 0.15) is 17.3 Å². The van der Waals surface area contributed by atoms with Gasteiger partial charge in [0.05, 0.1) is 16.6 Å². The van der Waals surface area contributed by atoms with Gasteiger partial charge >= 0.3 is 5.97 Å². The van der Waals surface area contributed by atoms with Crippen molar-refractivity contribution in [1.82, 2.24) is 4.40 Å². The Balaban J connectivity index is 2.13. The maximum absolute atomic E-state index is 12.5. The number of hydrogen-bond donors (Lipinski definition) is 0. The molecule has 0 aliphatic rings. The highest BCUT2D eigenvalue weighted by molar-refractivity contribution is 6.11. The van der Waals surface area contributed by atoms with E-state index in [1.807, 2.05) is 60.0 Å². The van der Waals surface area contributed by atoms with Gasteiger partial charge in [0.15, 0.2) is 6.61 Å². The SMILES string of the molecule is C/C=C\COC(=O)c1c2ccc(OCC#N)cc2n2ccccc12. The number of rotatable bonds is 5. The van der Waals surface area contributed by atoms with Gasteiger partial charge in [0.2, 0.25) is 0 Å². The molecule has 24 heavy (non-hydrogen) atoms. The lowest BCUT2D eigenvalue weighted by atomic mass is 10.1. The van der Waals surface area contributed by atoms with Gasteiger partial charge in [-0.3, -0.25) is 0 Å². The molecule has 1 aromatic carbocycles. The quantitative estimate of drug-likeness (QED) is 0.531. The molecular formula is C19H16N2O3. The van der Waals surface area contributed by atoms with Crippen LogP contribution in [-0.2, 0) is 4.74 Å². The molecule has 0 N–H and O–H groups in total. The van der Waals surface area contributed by atoms with Crippen LogP contribution >= 0.6 is 0 Å². The average molecular weight is 320 g/mol. The van der Waals surface area contributed by atoms with Crippen molar-refractivity contribution in [1.29, 1.82) is 5.26 Å². The van der Waals surface area contributed by atoms with Crippen molar-refractivity contribution in [3.8, 4) is 11.8 Å². The van der Waals surface area contributed by atoms with Crippen LogP contribution in [0.25, 0.3) is 16.4 Å². The summed E-state index contributed by atoms with van der Waals surface area (Å²) < 4.78 is 12.6. The number of carbonyl (C=O) groups is 1. The summed E-state index contributed by atoms with van der Waals surface area (Å²) in [5.74, 6) is 0.221. The molecule has 3 rings (SSSR count). The number of benzene rings is 1. The number of hydrogen-bond acceptors (Lipinski definition) is 4. The molecule has 0 aliphatic heterocycles. The fraction of sp³-hybridized carbons (Fsp3) is 0.158. The van der Waals surface area contributed by atoms with E-state index in [2.05, 4.69) is 0 Å². The second-order valence-corrected chi connectivity index (χ2v) is 5.12. The smallest absolute Gasteiger partial charge is 0.341 e. The van der Waals surface area contributed by atoms with Gasteiger partial charge in [-0.25, -0.2) is 4.79 Å². The minimum atomic E-state index is -0.363. The van der Waals surface area contributed by atoms with Gasteiger partial charge in [-0.2, -0.15) is 5.26 Å². The number of nitriles is 1. The third-order valence-corrected chi connectivity index (χ3v) is 3.67. The molecule has 0 fully saturated rings. The normalized spacial score (nSPS) is 11.0. The number of allylic oxidation sites excluding steroid dienone is 1. The lowest BCUT2D eigenvalue weighted by Crippen LogP contribution is -2.05. The largest absolute Gasteiger partial charge is 0.479 e. The fourth-order valence-corrected chi connectivity index (χ4v) is 2.63.